The third-order valence-corrected chi connectivity index (χ3v) is 3.59. The van der Waals surface area contributed by atoms with Gasteiger partial charge in [0.25, 0.3) is 5.91 Å². The molecule has 2 amide bonds. The summed E-state index contributed by atoms with van der Waals surface area (Å²) in [6.07, 6.45) is 0.569. The molecule has 0 aliphatic carbocycles. The first-order chi connectivity index (χ1) is 12.4. The standard InChI is InChI=1S/C19H20F2N2O3/c1-13(24)22-18-12-14(4-9-17(18)21)19(25)23(2)10-3-11-26-16-7-5-15(20)6-8-16/h4-9,12H,3,10-11H2,1-2H3,(H,22,24). The zero-order valence-corrected chi connectivity index (χ0v) is 14.6. The molecule has 0 radical (unpaired) electrons. The molecule has 2 rings (SSSR count). The van der Waals surface area contributed by atoms with Crippen LogP contribution in [-0.2, 0) is 4.79 Å². The number of nitrogens with zero attached hydrogens (tertiary/aromatic N) is 1. The summed E-state index contributed by atoms with van der Waals surface area (Å²) in [7, 11) is 1.63. The van der Waals surface area contributed by atoms with Gasteiger partial charge in [-0.05, 0) is 48.9 Å². The molecule has 2 aromatic rings. The van der Waals surface area contributed by atoms with Crippen LogP contribution in [0, 0.1) is 11.6 Å². The number of amides is 2. The van der Waals surface area contributed by atoms with Crippen molar-refractivity contribution in [2.24, 2.45) is 0 Å². The average molecular weight is 362 g/mol. The Hall–Kier alpha value is -2.96. The molecule has 2 aromatic carbocycles. The lowest BCUT2D eigenvalue weighted by Gasteiger charge is -2.18. The fourth-order valence-electron chi connectivity index (χ4n) is 2.29. The number of benzene rings is 2. The molecule has 0 spiro atoms. The Morgan fingerprint density at radius 1 is 1.12 bits per heavy atom. The molecule has 0 aliphatic heterocycles. The number of nitrogens with one attached hydrogen (secondary N) is 1. The maximum absolute atomic E-state index is 13.6. The molecule has 0 heterocycles. The second kappa shape index (κ2) is 8.94. The maximum Gasteiger partial charge on any atom is 0.253 e. The first kappa shape index (κ1) is 19.4. The molecular weight excluding hydrogens is 342 g/mol. The van der Waals surface area contributed by atoms with Gasteiger partial charge in [0, 0.05) is 26.1 Å². The van der Waals surface area contributed by atoms with Gasteiger partial charge in [-0.1, -0.05) is 0 Å². The van der Waals surface area contributed by atoms with Crippen molar-refractivity contribution >= 4 is 17.5 Å². The van der Waals surface area contributed by atoms with Crippen LogP contribution in [0.15, 0.2) is 42.5 Å². The molecular formula is C19H20F2N2O3. The highest BCUT2D eigenvalue weighted by Gasteiger charge is 2.14. The molecule has 5 nitrogen and oxygen atoms in total. The van der Waals surface area contributed by atoms with Gasteiger partial charge in [0.05, 0.1) is 12.3 Å². The molecule has 0 atom stereocenters. The summed E-state index contributed by atoms with van der Waals surface area (Å²) in [5.41, 5.74) is 0.244. The van der Waals surface area contributed by atoms with Crippen molar-refractivity contribution < 1.29 is 23.1 Å². The zero-order chi connectivity index (χ0) is 19.1. The molecule has 0 aromatic heterocycles. The summed E-state index contributed by atoms with van der Waals surface area (Å²) >= 11 is 0. The van der Waals surface area contributed by atoms with E-state index in [4.69, 9.17) is 4.74 Å². The largest absolute Gasteiger partial charge is 0.494 e. The van der Waals surface area contributed by atoms with Crippen LogP contribution in [0.4, 0.5) is 14.5 Å². The van der Waals surface area contributed by atoms with E-state index in [-0.39, 0.29) is 23.0 Å². The van der Waals surface area contributed by atoms with Crippen LogP contribution in [0.1, 0.15) is 23.7 Å². The van der Waals surface area contributed by atoms with Gasteiger partial charge in [0.15, 0.2) is 0 Å². The van der Waals surface area contributed by atoms with Crippen LogP contribution >= 0.6 is 0 Å². The van der Waals surface area contributed by atoms with Crippen molar-refractivity contribution in [3.63, 3.8) is 0 Å². The highest BCUT2D eigenvalue weighted by Crippen LogP contribution is 2.17. The van der Waals surface area contributed by atoms with Gasteiger partial charge in [-0.3, -0.25) is 9.59 Å². The molecule has 26 heavy (non-hydrogen) atoms. The van der Waals surface area contributed by atoms with E-state index in [1.807, 2.05) is 0 Å². The second-order valence-electron chi connectivity index (χ2n) is 5.76. The first-order valence-electron chi connectivity index (χ1n) is 8.08. The Morgan fingerprint density at radius 3 is 2.46 bits per heavy atom. The van der Waals surface area contributed by atoms with Crippen molar-refractivity contribution in [3.8, 4) is 5.75 Å². The topological polar surface area (TPSA) is 58.6 Å². The highest BCUT2D eigenvalue weighted by atomic mass is 19.1. The summed E-state index contributed by atoms with van der Waals surface area (Å²) in [5.74, 6) is -1.09. The summed E-state index contributed by atoms with van der Waals surface area (Å²) < 4.78 is 31.9. The zero-order valence-electron chi connectivity index (χ0n) is 14.6. The van der Waals surface area contributed by atoms with Gasteiger partial charge in [-0.2, -0.15) is 0 Å². The van der Waals surface area contributed by atoms with Gasteiger partial charge < -0.3 is 15.0 Å². The minimum Gasteiger partial charge on any atom is -0.494 e. The van der Waals surface area contributed by atoms with E-state index in [9.17, 15) is 18.4 Å². The molecule has 7 heteroatoms. The van der Waals surface area contributed by atoms with E-state index in [1.54, 1.807) is 7.05 Å². The molecule has 0 saturated heterocycles. The van der Waals surface area contributed by atoms with Gasteiger partial charge in [0.2, 0.25) is 5.91 Å². The van der Waals surface area contributed by atoms with Crippen LogP contribution in [0.2, 0.25) is 0 Å². The van der Waals surface area contributed by atoms with E-state index in [0.717, 1.165) is 6.07 Å². The van der Waals surface area contributed by atoms with E-state index < -0.39 is 11.7 Å². The Balaban J connectivity index is 1.86. The molecule has 0 unspecified atom stereocenters. The van der Waals surface area contributed by atoms with Crippen molar-refractivity contribution in [2.75, 3.05) is 25.5 Å². The number of ether oxygens (including phenoxy) is 1. The summed E-state index contributed by atoms with van der Waals surface area (Å²) in [6, 6.07) is 9.51. The molecule has 0 saturated carbocycles. The number of anilines is 1. The van der Waals surface area contributed by atoms with Crippen molar-refractivity contribution in [1.29, 1.82) is 0 Å². The van der Waals surface area contributed by atoms with Crippen LogP contribution in [-0.4, -0.2) is 36.9 Å². The van der Waals surface area contributed by atoms with Crippen molar-refractivity contribution in [1.82, 2.24) is 4.90 Å². The van der Waals surface area contributed by atoms with E-state index in [1.165, 1.54) is 48.2 Å². The minimum absolute atomic E-state index is 0.0311. The minimum atomic E-state index is -0.605. The number of halogens is 2. The summed E-state index contributed by atoms with van der Waals surface area (Å²) in [4.78, 5) is 25.0. The average Bonchev–Trinajstić information content (AvgIpc) is 2.61. The predicted octanol–water partition coefficient (Wildman–Crippen LogP) is 3.46. The fourth-order valence-corrected chi connectivity index (χ4v) is 2.29. The Labute approximate surface area is 150 Å². The monoisotopic (exact) mass is 362 g/mol. The Morgan fingerprint density at radius 2 is 1.81 bits per heavy atom. The van der Waals surface area contributed by atoms with Crippen LogP contribution in [0.5, 0.6) is 5.75 Å². The smallest absolute Gasteiger partial charge is 0.253 e. The third kappa shape index (κ3) is 5.54. The van der Waals surface area contributed by atoms with Crippen LogP contribution < -0.4 is 10.1 Å². The van der Waals surface area contributed by atoms with Gasteiger partial charge in [0.1, 0.15) is 17.4 Å². The lowest BCUT2D eigenvalue weighted by atomic mass is 10.1. The van der Waals surface area contributed by atoms with Gasteiger partial charge in [-0.15, -0.1) is 0 Å². The van der Waals surface area contributed by atoms with Crippen molar-refractivity contribution in [3.05, 3.63) is 59.7 Å². The normalized spacial score (nSPS) is 10.3. The van der Waals surface area contributed by atoms with E-state index >= 15 is 0 Å². The highest BCUT2D eigenvalue weighted by molar-refractivity contribution is 5.96. The summed E-state index contributed by atoms with van der Waals surface area (Å²) in [6.45, 7) is 2.05. The maximum atomic E-state index is 13.6. The molecule has 0 bridgehead atoms. The van der Waals surface area contributed by atoms with Gasteiger partial charge in [-0.25, -0.2) is 8.78 Å². The Kier molecular flexibility index (Phi) is 6.66. The number of rotatable bonds is 7. The number of carbonyl (C=O) groups excluding carboxylic acids is 2. The Bertz CT molecular complexity index is 779. The van der Waals surface area contributed by atoms with E-state index in [2.05, 4.69) is 5.32 Å². The molecule has 1 N–H and O–H groups in total. The number of hydrogen-bond acceptors (Lipinski definition) is 3. The van der Waals surface area contributed by atoms with Crippen molar-refractivity contribution in [2.45, 2.75) is 13.3 Å². The molecule has 0 aliphatic rings. The van der Waals surface area contributed by atoms with Gasteiger partial charge >= 0.3 is 0 Å². The lowest BCUT2D eigenvalue weighted by molar-refractivity contribution is -0.114. The van der Waals surface area contributed by atoms with E-state index in [0.29, 0.717) is 25.3 Å². The first-order valence-corrected chi connectivity index (χ1v) is 8.08. The molecule has 0 fully saturated rings. The SMILES string of the molecule is CC(=O)Nc1cc(C(=O)N(C)CCCOc2ccc(F)cc2)ccc1F. The summed E-state index contributed by atoms with van der Waals surface area (Å²) in [5, 5.41) is 2.35. The number of carbonyl (C=O) groups is 2. The third-order valence-electron chi connectivity index (χ3n) is 3.59. The number of hydrogen-bond donors (Lipinski definition) is 1. The molecule has 138 valence electrons. The lowest BCUT2D eigenvalue weighted by Crippen LogP contribution is -2.28. The predicted molar refractivity (Wildman–Crippen MR) is 94.2 cm³/mol. The fraction of sp³-hybridized carbons (Fsp3) is 0.263. The second-order valence-corrected chi connectivity index (χ2v) is 5.76. The van der Waals surface area contributed by atoms with Crippen LogP contribution in [0.25, 0.3) is 0 Å². The van der Waals surface area contributed by atoms with Crippen LogP contribution in [0.3, 0.4) is 0 Å². The quantitative estimate of drug-likeness (QED) is 0.768.